The van der Waals surface area contributed by atoms with E-state index in [1.165, 1.54) is 0 Å². The van der Waals surface area contributed by atoms with Gasteiger partial charge in [-0.2, -0.15) is 4.45 Å². The summed E-state index contributed by atoms with van der Waals surface area (Å²) in [4.78, 5) is 21.6. The van der Waals surface area contributed by atoms with Gasteiger partial charge in [0.15, 0.2) is 0 Å². The molecule has 92 valence electrons. The van der Waals surface area contributed by atoms with Gasteiger partial charge in [-0.15, -0.1) is 0 Å². The Labute approximate surface area is 117 Å². The van der Waals surface area contributed by atoms with Crippen molar-refractivity contribution >= 4 is 61.5 Å². The van der Waals surface area contributed by atoms with Gasteiger partial charge in [0, 0.05) is 25.1 Å². The standard InChI is InChI=1S/C6H5Br3N2.H3O4P/c7-4-1-5(8)3-6(2-4)10-11-9;1-5(2,3)4/h1-3,10-11H;(H3,1,2,3,4). The number of hydrogen-bond acceptors (Lipinski definition) is 3. The molecule has 0 bridgehead atoms. The number of hydrogen-bond donors (Lipinski definition) is 5. The monoisotopic (exact) mass is 440 g/mol. The smallest absolute Gasteiger partial charge is 0.312 e. The van der Waals surface area contributed by atoms with Crippen molar-refractivity contribution in [3.05, 3.63) is 27.1 Å². The molecule has 5 N–H and O–H groups in total. The molecule has 0 saturated heterocycles. The van der Waals surface area contributed by atoms with Gasteiger partial charge in [-0.25, -0.2) is 4.57 Å². The largest absolute Gasteiger partial charge is 0.466 e. The summed E-state index contributed by atoms with van der Waals surface area (Å²) in [6, 6.07) is 5.89. The molecule has 0 unspecified atom stereocenters. The van der Waals surface area contributed by atoms with E-state index in [9.17, 15) is 0 Å². The quantitative estimate of drug-likeness (QED) is 0.274. The maximum absolute atomic E-state index is 8.88. The lowest BCUT2D eigenvalue weighted by Gasteiger charge is -2.03. The van der Waals surface area contributed by atoms with Gasteiger partial charge in [0.2, 0.25) is 0 Å². The normalized spacial score (nSPS) is 10.4. The molecule has 0 amide bonds. The zero-order valence-corrected chi connectivity index (χ0v) is 13.2. The SMILES string of the molecule is BrNNc1cc(Br)cc(Br)c1.O=P(O)(O)O. The Bertz CT molecular complexity index is 358. The van der Waals surface area contributed by atoms with Gasteiger partial charge < -0.3 is 20.1 Å². The molecule has 1 aromatic rings. The molecule has 0 aliphatic heterocycles. The van der Waals surface area contributed by atoms with Crippen LogP contribution in [-0.2, 0) is 4.57 Å². The molecule has 0 aromatic heterocycles. The summed E-state index contributed by atoms with van der Waals surface area (Å²) in [5, 5.41) is 0. The molecule has 0 radical (unpaired) electrons. The number of benzene rings is 1. The summed E-state index contributed by atoms with van der Waals surface area (Å²) < 4.78 is 13.6. The lowest BCUT2D eigenvalue weighted by molar-refractivity contribution is 0.275. The van der Waals surface area contributed by atoms with Crippen LogP contribution in [-0.4, -0.2) is 14.7 Å². The predicted octanol–water partition coefficient (Wildman–Crippen LogP) is 2.51. The van der Waals surface area contributed by atoms with Crippen LogP contribution in [0.3, 0.4) is 0 Å². The Morgan fingerprint density at radius 3 is 1.75 bits per heavy atom. The Balaban J connectivity index is 0.000000385. The van der Waals surface area contributed by atoms with Crippen molar-refractivity contribution in [3.63, 3.8) is 0 Å². The third-order valence-corrected chi connectivity index (χ3v) is 2.17. The maximum atomic E-state index is 8.88. The van der Waals surface area contributed by atoms with Gasteiger partial charge >= 0.3 is 7.82 Å². The third-order valence-electron chi connectivity index (χ3n) is 1.05. The van der Waals surface area contributed by atoms with Crippen LogP contribution in [0, 0.1) is 0 Å². The van der Waals surface area contributed by atoms with Gasteiger partial charge in [-0.1, -0.05) is 31.9 Å². The molecule has 0 saturated carbocycles. The average Bonchev–Trinajstić information content (AvgIpc) is 1.98. The summed E-state index contributed by atoms with van der Waals surface area (Å²) in [6.45, 7) is 0. The van der Waals surface area contributed by atoms with Crippen molar-refractivity contribution in [2.75, 3.05) is 5.43 Å². The minimum Gasteiger partial charge on any atom is -0.312 e. The highest BCUT2D eigenvalue weighted by Crippen LogP contribution is 2.25. The van der Waals surface area contributed by atoms with Crippen LogP contribution in [0.2, 0.25) is 0 Å². The second-order valence-corrected chi connectivity index (χ2v) is 5.65. The Morgan fingerprint density at radius 2 is 1.44 bits per heavy atom. The first kappa shape index (κ1) is 16.5. The molecule has 0 aliphatic carbocycles. The number of hydrazine groups is 1. The number of nitrogens with one attached hydrogen (secondary N) is 2. The zero-order valence-electron chi connectivity index (χ0n) is 7.56. The molecular weight excluding hydrogens is 435 g/mol. The fourth-order valence-corrected chi connectivity index (χ4v) is 2.20. The summed E-state index contributed by atoms with van der Waals surface area (Å²) >= 11 is 9.78. The van der Waals surface area contributed by atoms with Gasteiger partial charge in [0.05, 0.1) is 5.69 Å². The second kappa shape index (κ2) is 7.78. The molecule has 0 fully saturated rings. The van der Waals surface area contributed by atoms with Crippen LogP contribution in [0.5, 0.6) is 0 Å². The van der Waals surface area contributed by atoms with Crippen LogP contribution in [0.1, 0.15) is 0 Å². The molecule has 16 heavy (non-hydrogen) atoms. The van der Waals surface area contributed by atoms with Crippen molar-refractivity contribution in [3.8, 4) is 0 Å². The molecule has 10 heteroatoms. The first-order valence-corrected chi connectivity index (χ1v) is 7.53. The molecular formula is C6H8Br3N2O4P. The summed E-state index contributed by atoms with van der Waals surface area (Å²) in [7, 11) is -4.64. The average molecular weight is 443 g/mol. The van der Waals surface area contributed by atoms with Gasteiger partial charge in [-0.05, 0) is 18.2 Å². The predicted molar refractivity (Wildman–Crippen MR) is 71.8 cm³/mol. The van der Waals surface area contributed by atoms with Gasteiger partial charge in [-0.3, -0.25) is 0 Å². The van der Waals surface area contributed by atoms with Crippen LogP contribution in [0.4, 0.5) is 5.69 Å². The van der Waals surface area contributed by atoms with Crippen molar-refractivity contribution in [2.45, 2.75) is 0 Å². The van der Waals surface area contributed by atoms with E-state index in [4.69, 9.17) is 19.2 Å². The lowest BCUT2D eigenvalue weighted by Crippen LogP contribution is -2.07. The van der Waals surface area contributed by atoms with E-state index in [0.717, 1.165) is 14.6 Å². The highest BCUT2D eigenvalue weighted by Gasteiger charge is 2.00. The van der Waals surface area contributed by atoms with Gasteiger partial charge in [0.1, 0.15) is 0 Å². The fourth-order valence-electron chi connectivity index (χ4n) is 0.681. The highest BCUT2D eigenvalue weighted by atomic mass is 79.9. The van der Waals surface area contributed by atoms with Crippen LogP contribution >= 0.6 is 55.8 Å². The number of rotatable bonds is 2. The topological polar surface area (TPSA) is 102 Å². The van der Waals surface area contributed by atoms with E-state index in [0.29, 0.717) is 0 Å². The molecule has 6 nitrogen and oxygen atoms in total. The molecule has 0 atom stereocenters. The molecule has 0 aliphatic rings. The van der Waals surface area contributed by atoms with Gasteiger partial charge in [0.25, 0.3) is 0 Å². The van der Waals surface area contributed by atoms with E-state index in [-0.39, 0.29) is 0 Å². The molecule has 0 spiro atoms. The van der Waals surface area contributed by atoms with Crippen LogP contribution < -0.4 is 9.88 Å². The number of phosphoric acid groups is 1. The summed E-state index contributed by atoms with van der Waals surface area (Å²) in [5.74, 6) is 0. The third kappa shape index (κ3) is 11.0. The zero-order chi connectivity index (χ0) is 12.8. The van der Waals surface area contributed by atoms with E-state index in [2.05, 4.69) is 57.9 Å². The minimum atomic E-state index is -4.64. The highest BCUT2D eigenvalue weighted by molar-refractivity contribution is 9.11. The minimum absolute atomic E-state index is 0.975. The van der Waals surface area contributed by atoms with Crippen LogP contribution in [0.25, 0.3) is 0 Å². The van der Waals surface area contributed by atoms with E-state index in [1.54, 1.807) is 0 Å². The van der Waals surface area contributed by atoms with E-state index in [1.807, 2.05) is 18.2 Å². The first-order valence-electron chi connectivity index (χ1n) is 3.58. The summed E-state index contributed by atoms with van der Waals surface area (Å²) in [5.41, 5.74) is 3.87. The Hall–Kier alpha value is 0.530. The summed E-state index contributed by atoms with van der Waals surface area (Å²) in [6.07, 6.45) is 0. The van der Waals surface area contributed by atoms with Crippen LogP contribution in [0.15, 0.2) is 27.1 Å². The van der Waals surface area contributed by atoms with E-state index < -0.39 is 7.82 Å². The Morgan fingerprint density at radius 1 is 1.06 bits per heavy atom. The van der Waals surface area contributed by atoms with Crippen molar-refractivity contribution in [1.29, 1.82) is 0 Å². The Kier molecular flexibility index (Phi) is 8.04. The molecule has 0 heterocycles. The molecule has 1 rings (SSSR count). The number of anilines is 1. The molecule has 1 aromatic carbocycles. The number of halogens is 3. The second-order valence-electron chi connectivity index (χ2n) is 2.39. The first-order chi connectivity index (χ1) is 7.22. The lowest BCUT2D eigenvalue weighted by atomic mass is 10.3. The van der Waals surface area contributed by atoms with Crippen molar-refractivity contribution in [2.24, 2.45) is 0 Å². The van der Waals surface area contributed by atoms with Crippen molar-refractivity contribution < 1.29 is 19.2 Å². The fraction of sp³-hybridized carbons (Fsp3) is 0. The maximum Gasteiger partial charge on any atom is 0.466 e. The van der Waals surface area contributed by atoms with Crippen molar-refractivity contribution in [1.82, 2.24) is 4.45 Å². The van der Waals surface area contributed by atoms with E-state index >= 15 is 0 Å².